The second-order valence-corrected chi connectivity index (χ2v) is 1.63. The summed E-state index contributed by atoms with van der Waals surface area (Å²) in [4.78, 5) is 1.98. The zero-order chi connectivity index (χ0) is 5.91. The van der Waals surface area contributed by atoms with Crippen molar-refractivity contribution in [2.45, 2.75) is 0 Å². The molecule has 0 heterocycles. The van der Waals surface area contributed by atoms with Crippen molar-refractivity contribution in [1.29, 1.82) is 5.53 Å². The van der Waals surface area contributed by atoms with Crippen LogP contribution in [0.4, 0.5) is 0 Å². The van der Waals surface area contributed by atoms with Gasteiger partial charge in [0.2, 0.25) is 9.43 Å². The van der Waals surface area contributed by atoms with Crippen LogP contribution in [0.3, 0.4) is 0 Å². The Hall–Kier alpha value is -0.780. The molecule has 7 heteroatoms. The minimum Gasteiger partial charge on any atom is -0.725 e. The van der Waals surface area contributed by atoms with E-state index in [-0.39, 0.29) is 0 Å². The van der Waals surface area contributed by atoms with E-state index in [1.807, 2.05) is 9.43 Å². The summed E-state index contributed by atoms with van der Waals surface area (Å²) in [6.07, 6.45) is 0. The summed E-state index contributed by atoms with van der Waals surface area (Å²) in [5.41, 5.74) is 5.74. The van der Waals surface area contributed by atoms with Crippen LogP contribution in [-0.4, -0.2) is 13.0 Å². The first-order valence-electron chi connectivity index (χ1n) is 1.11. The maximum absolute atomic E-state index is 9.30. The van der Waals surface area contributed by atoms with E-state index in [0.717, 1.165) is 0 Å². The largest absolute Gasteiger partial charge is 0.725 e. The first-order valence-corrected chi connectivity index (χ1v) is 2.47. The molecule has 0 unspecified atom stereocenters. The third-order valence-corrected chi connectivity index (χ3v) is 0.422. The Bertz CT molecular complexity index is 182. The molecule has 0 fully saturated rings. The van der Waals surface area contributed by atoms with Crippen LogP contribution in [0.1, 0.15) is 0 Å². The van der Waals surface area contributed by atoms with Gasteiger partial charge in [-0.1, -0.05) is 0 Å². The van der Waals surface area contributed by atoms with Crippen molar-refractivity contribution < 1.29 is 13.0 Å². The molecule has 0 bridgehead atoms. The fourth-order valence-corrected chi connectivity index (χ4v) is 0.150. The van der Waals surface area contributed by atoms with Crippen LogP contribution in [0.25, 0.3) is 0 Å². The second-order valence-electron chi connectivity index (χ2n) is 0.609. The van der Waals surface area contributed by atoms with Gasteiger partial charge in [-0.3, -0.25) is 0 Å². The maximum Gasteiger partial charge on any atom is 0.280 e. The average Bonchev–Trinajstić information content (AvgIpc) is 1.30. The summed E-state index contributed by atoms with van der Waals surface area (Å²) < 4.78 is 29.9. The molecule has 0 aromatic heterocycles. The highest BCUT2D eigenvalue weighted by Crippen LogP contribution is 1.74. The van der Waals surface area contributed by atoms with Crippen LogP contribution in [0.15, 0.2) is 4.52 Å². The number of hydrogen-bond acceptors (Lipinski definition) is 4. The van der Waals surface area contributed by atoms with Crippen molar-refractivity contribution in [2.75, 3.05) is 0 Å². The molecule has 7 heavy (non-hydrogen) atoms. The van der Waals surface area contributed by atoms with Gasteiger partial charge in [-0.25, -0.2) is 8.42 Å². The Morgan fingerprint density at radius 2 is 2.14 bits per heavy atom. The van der Waals surface area contributed by atoms with Crippen LogP contribution in [0, 0.1) is 5.53 Å². The van der Waals surface area contributed by atoms with Crippen LogP contribution in [-0.2, 0) is 10.3 Å². The quantitative estimate of drug-likeness (QED) is 0.274. The van der Waals surface area contributed by atoms with Gasteiger partial charge in [0.05, 0.1) is 0 Å². The third-order valence-electron chi connectivity index (χ3n) is 0.141. The molecule has 0 aliphatic rings. The topological polar surface area (TPSA) is 108 Å². The van der Waals surface area contributed by atoms with E-state index in [1.54, 1.807) is 0 Å². The van der Waals surface area contributed by atoms with Crippen molar-refractivity contribution in [3.63, 3.8) is 0 Å². The normalized spacial score (nSPS) is 9.86. The predicted octanol–water partition coefficient (Wildman–Crippen LogP) is -1.00. The van der Waals surface area contributed by atoms with Gasteiger partial charge in [0, 0.05) is 0 Å². The first kappa shape index (κ1) is 6.22. The minimum absolute atomic E-state index is 1.97. The molecule has 0 aliphatic carbocycles. The summed E-state index contributed by atoms with van der Waals surface area (Å²) in [6, 6.07) is 0. The predicted molar refractivity (Wildman–Crippen MR) is 17.0 cm³/mol. The zero-order valence-electron chi connectivity index (χ0n) is 3.03. The van der Waals surface area contributed by atoms with Crippen molar-refractivity contribution in [1.82, 2.24) is 4.91 Å². The van der Waals surface area contributed by atoms with Gasteiger partial charge < -0.3 is 4.55 Å². The summed E-state index contributed by atoms with van der Waals surface area (Å²) in [5, 5.41) is 0. The molecule has 6 nitrogen and oxygen atoms in total. The Balaban J connectivity index is 4.44. The van der Waals surface area contributed by atoms with Gasteiger partial charge in [-0.05, 0) is 0 Å². The Morgan fingerprint density at radius 3 is 2.14 bits per heavy atom. The third kappa shape index (κ3) is 5.22. The molecule has 0 rings (SSSR count). The lowest BCUT2D eigenvalue weighted by Crippen LogP contribution is -1.89. The lowest BCUT2D eigenvalue weighted by atomic mass is 13.0. The Morgan fingerprint density at radius 1 is 1.71 bits per heavy atom. The monoisotopic (exact) mass is 123 g/mol. The minimum atomic E-state index is -4.65. The highest BCUT2D eigenvalue weighted by molar-refractivity contribution is 7.84. The molecule has 0 aromatic carbocycles. The molecule has 0 aromatic rings. The molecule has 0 atom stereocenters. The van der Waals surface area contributed by atoms with Crippen LogP contribution < -0.4 is 4.91 Å². The summed E-state index contributed by atoms with van der Waals surface area (Å²) in [6.45, 7) is 0. The van der Waals surface area contributed by atoms with Gasteiger partial charge in [0.15, 0.2) is 0 Å². The Kier molecular flexibility index (Phi) is 1.58. The average molecular weight is 123 g/mol. The molecule has 40 valence electrons. The van der Waals surface area contributed by atoms with Gasteiger partial charge in [-0.15, -0.1) is 0 Å². The molecule has 1 N–H and O–H groups in total. The van der Waals surface area contributed by atoms with Crippen molar-refractivity contribution >= 4 is 10.3 Å². The molecule has 0 amide bonds. The van der Waals surface area contributed by atoms with Crippen LogP contribution >= 0.6 is 0 Å². The number of nitrogens with zero attached hydrogens (tertiary/aromatic N) is 2. The summed E-state index contributed by atoms with van der Waals surface area (Å²) >= 11 is 0. The van der Waals surface area contributed by atoms with Crippen molar-refractivity contribution in [2.24, 2.45) is 4.52 Å². The van der Waals surface area contributed by atoms with E-state index in [4.69, 9.17) is 5.53 Å². The van der Waals surface area contributed by atoms with Crippen molar-refractivity contribution in [3.05, 3.63) is 0 Å². The van der Waals surface area contributed by atoms with E-state index < -0.39 is 10.3 Å². The first-order chi connectivity index (χ1) is 3.06. The SMILES string of the molecule is N=[N+]=NS(=O)(=O)[O-]. The fraction of sp³-hybridized carbons (Fsp3) is 0. The molecule has 0 saturated carbocycles. The van der Waals surface area contributed by atoms with E-state index in [1.165, 1.54) is 0 Å². The van der Waals surface area contributed by atoms with E-state index >= 15 is 0 Å². The zero-order valence-corrected chi connectivity index (χ0v) is 3.84. The molecule has 0 spiro atoms. The van der Waals surface area contributed by atoms with Gasteiger partial charge >= 0.3 is 0 Å². The number of nitrogens with one attached hydrogen (secondary N) is 1. The van der Waals surface area contributed by atoms with Gasteiger partial charge in [-0.2, -0.15) is 0 Å². The molecule has 0 radical (unpaired) electrons. The number of hydrogen-bond donors (Lipinski definition) is 1. The fourth-order valence-electron chi connectivity index (χ4n) is 0.0500. The van der Waals surface area contributed by atoms with E-state index in [0.29, 0.717) is 0 Å². The Labute approximate surface area is 39.3 Å². The van der Waals surface area contributed by atoms with Gasteiger partial charge in [0.1, 0.15) is 5.53 Å². The lowest BCUT2D eigenvalue weighted by Gasteiger charge is -1.82. The van der Waals surface area contributed by atoms with E-state index in [2.05, 4.69) is 0 Å². The molecule has 0 saturated heterocycles. The van der Waals surface area contributed by atoms with Gasteiger partial charge in [0.25, 0.3) is 10.3 Å². The van der Waals surface area contributed by atoms with Crippen LogP contribution in [0.2, 0.25) is 0 Å². The molecular weight excluding hydrogens is 122 g/mol. The smallest absolute Gasteiger partial charge is 0.280 e. The molecule has 0 aliphatic heterocycles. The summed E-state index contributed by atoms with van der Waals surface area (Å²) in [5.74, 6) is 0. The highest BCUT2D eigenvalue weighted by atomic mass is 32.2. The molecular formula is HN3O3S. The van der Waals surface area contributed by atoms with Crippen molar-refractivity contribution in [3.8, 4) is 0 Å². The maximum atomic E-state index is 9.30. The lowest BCUT2D eigenvalue weighted by molar-refractivity contribution is 0.461. The number of rotatable bonds is 1. The summed E-state index contributed by atoms with van der Waals surface area (Å²) in [7, 11) is -4.65. The van der Waals surface area contributed by atoms with E-state index in [9.17, 15) is 13.0 Å². The second kappa shape index (κ2) is 1.78. The van der Waals surface area contributed by atoms with Crippen LogP contribution in [0.5, 0.6) is 0 Å². The standard InChI is InChI=1S/HN3O3S/c1-2-3-7(4,5)6/h1H. The highest BCUT2D eigenvalue weighted by Gasteiger charge is 1.90.